The quantitative estimate of drug-likeness (QED) is 0.643. The van der Waals surface area contributed by atoms with Gasteiger partial charge in [-0.25, -0.2) is 13.5 Å². The molecule has 7 nitrogen and oxygen atoms in total. The lowest BCUT2D eigenvalue weighted by Gasteiger charge is -2.14. The van der Waals surface area contributed by atoms with Crippen LogP contribution in [-0.2, 0) is 12.8 Å². The predicted molar refractivity (Wildman–Crippen MR) is 110 cm³/mol. The van der Waals surface area contributed by atoms with Crippen molar-refractivity contribution in [1.29, 1.82) is 0 Å². The Hall–Kier alpha value is -3.62. The molecule has 0 radical (unpaired) electrons. The second-order valence-corrected chi connectivity index (χ2v) is 7.01. The first kappa shape index (κ1) is 20.6. The van der Waals surface area contributed by atoms with Crippen LogP contribution < -0.4 is 19.5 Å². The highest BCUT2D eigenvalue weighted by Crippen LogP contribution is 2.40. The number of halogens is 2. The molecule has 0 bridgehead atoms. The molecule has 1 aliphatic carbocycles. The van der Waals surface area contributed by atoms with Crippen molar-refractivity contribution in [3.05, 3.63) is 58.9 Å². The Kier molecular flexibility index (Phi) is 5.50. The maximum Gasteiger partial charge on any atom is 0.276 e. The van der Waals surface area contributed by atoms with Gasteiger partial charge in [0.2, 0.25) is 5.75 Å². The molecule has 9 heteroatoms. The number of benzene rings is 2. The van der Waals surface area contributed by atoms with E-state index in [0.29, 0.717) is 41.5 Å². The molecule has 4 rings (SSSR count). The van der Waals surface area contributed by atoms with Crippen LogP contribution >= 0.6 is 0 Å². The fraction of sp³-hybridized carbons (Fsp3) is 0.273. The van der Waals surface area contributed by atoms with Gasteiger partial charge >= 0.3 is 0 Å². The number of amides is 1. The van der Waals surface area contributed by atoms with Gasteiger partial charge in [-0.05, 0) is 31.4 Å². The van der Waals surface area contributed by atoms with Crippen LogP contribution in [0.4, 0.5) is 14.5 Å². The largest absolute Gasteiger partial charge is 0.493 e. The van der Waals surface area contributed by atoms with E-state index in [4.69, 9.17) is 14.2 Å². The molecular weight excluding hydrogens is 408 g/mol. The maximum atomic E-state index is 13.7. The number of hydrogen-bond acceptors (Lipinski definition) is 5. The summed E-state index contributed by atoms with van der Waals surface area (Å²) in [6, 6.07) is 6.79. The zero-order valence-corrected chi connectivity index (χ0v) is 17.3. The van der Waals surface area contributed by atoms with Gasteiger partial charge in [0.15, 0.2) is 28.8 Å². The summed E-state index contributed by atoms with van der Waals surface area (Å²) in [6.45, 7) is 0. The topological polar surface area (TPSA) is 74.6 Å². The van der Waals surface area contributed by atoms with Gasteiger partial charge in [0, 0.05) is 35.1 Å². The first-order valence-electron chi connectivity index (χ1n) is 9.64. The lowest BCUT2D eigenvalue weighted by atomic mass is 10.2. The van der Waals surface area contributed by atoms with Crippen LogP contribution in [0.5, 0.6) is 17.2 Å². The summed E-state index contributed by atoms with van der Waals surface area (Å²) in [5.74, 6) is -1.12. The van der Waals surface area contributed by atoms with E-state index in [1.165, 1.54) is 32.1 Å². The van der Waals surface area contributed by atoms with Gasteiger partial charge < -0.3 is 19.5 Å². The van der Waals surface area contributed by atoms with Crippen LogP contribution in [0.3, 0.4) is 0 Å². The minimum absolute atomic E-state index is 0.242. The monoisotopic (exact) mass is 429 g/mol. The van der Waals surface area contributed by atoms with Crippen molar-refractivity contribution in [2.75, 3.05) is 26.6 Å². The number of carbonyl (C=O) groups is 1. The van der Waals surface area contributed by atoms with Gasteiger partial charge in [0.25, 0.3) is 5.91 Å². The van der Waals surface area contributed by atoms with Crippen LogP contribution in [0.2, 0.25) is 0 Å². The third-order valence-corrected chi connectivity index (χ3v) is 5.22. The molecule has 31 heavy (non-hydrogen) atoms. The predicted octanol–water partition coefficient (Wildman–Crippen LogP) is 3.92. The summed E-state index contributed by atoms with van der Waals surface area (Å²) in [7, 11) is 4.46. The number of rotatable bonds is 6. The highest BCUT2D eigenvalue weighted by atomic mass is 19.2. The lowest BCUT2D eigenvalue weighted by Crippen LogP contribution is -2.15. The van der Waals surface area contributed by atoms with E-state index < -0.39 is 17.5 Å². The number of fused-ring (bicyclic) bond motifs is 1. The van der Waals surface area contributed by atoms with E-state index in [1.807, 2.05) is 0 Å². The molecule has 162 valence electrons. The van der Waals surface area contributed by atoms with Crippen LogP contribution in [0.15, 0.2) is 30.3 Å². The Bertz CT molecular complexity index is 1130. The average Bonchev–Trinajstić information content (AvgIpc) is 3.37. The third-order valence-electron chi connectivity index (χ3n) is 5.22. The molecule has 2 aromatic carbocycles. The van der Waals surface area contributed by atoms with E-state index in [1.54, 1.807) is 12.1 Å². The van der Waals surface area contributed by atoms with Gasteiger partial charge in [-0.1, -0.05) is 0 Å². The Morgan fingerprint density at radius 1 is 1.00 bits per heavy atom. The number of anilines is 1. The molecule has 0 saturated heterocycles. The summed E-state index contributed by atoms with van der Waals surface area (Å²) >= 11 is 0. The van der Waals surface area contributed by atoms with Crippen LogP contribution in [0.25, 0.3) is 5.69 Å². The lowest BCUT2D eigenvalue weighted by molar-refractivity contribution is 0.102. The normalized spacial score (nSPS) is 12.4. The molecule has 0 fully saturated rings. The standard InChI is InChI=1S/C22H21F2N3O4/c1-29-18-9-12(10-19(30-2)21(18)31-3)25-22(28)20-14-5-4-6-17(14)27(26-20)13-7-8-15(23)16(24)11-13/h7-11H,4-6H2,1-3H3,(H,25,28). The molecular formula is C22H21F2N3O4. The van der Waals surface area contributed by atoms with E-state index in [0.717, 1.165) is 29.8 Å². The van der Waals surface area contributed by atoms with Crippen molar-refractivity contribution in [3.63, 3.8) is 0 Å². The zero-order chi connectivity index (χ0) is 22.1. The number of ether oxygens (including phenoxy) is 3. The van der Waals surface area contributed by atoms with Crippen LogP contribution in [0.1, 0.15) is 28.2 Å². The Morgan fingerprint density at radius 3 is 2.32 bits per heavy atom. The minimum atomic E-state index is -0.969. The summed E-state index contributed by atoms with van der Waals surface area (Å²) in [6.07, 6.45) is 2.22. The molecule has 0 saturated carbocycles. The number of aromatic nitrogens is 2. The fourth-order valence-corrected chi connectivity index (χ4v) is 3.79. The van der Waals surface area contributed by atoms with Crippen LogP contribution in [-0.4, -0.2) is 37.0 Å². The molecule has 1 N–H and O–H groups in total. The molecule has 0 spiro atoms. The summed E-state index contributed by atoms with van der Waals surface area (Å²) < 4.78 is 44.5. The van der Waals surface area contributed by atoms with Crippen molar-refractivity contribution in [2.24, 2.45) is 0 Å². The molecule has 0 unspecified atom stereocenters. The van der Waals surface area contributed by atoms with Crippen LogP contribution in [0, 0.1) is 11.6 Å². The summed E-state index contributed by atoms with van der Waals surface area (Å²) in [5, 5.41) is 7.23. The van der Waals surface area contributed by atoms with E-state index in [-0.39, 0.29) is 5.69 Å². The molecule has 0 aliphatic heterocycles. The molecule has 1 aromatic heterocycles. The number of hydrogen-bond donors (Lipinski definition) is 1. The van der Waals surface area contributed by atoms with Crippen molar-refractivity contribution in [3.8, 4) is 22.9 Å². The van der Waals surface area contributed by atoms with Crippen molar-refractivity contribution in [2.45, 2.75) is 19.3 Å². The van der Waals surface area contributed by atoms with E-state index in [9.17, 15) is 13.6 Å². The number of nitrogens with one attached hydrogen (secondary N) is 1. The summed E-state index contributed by atoms with van der Waals surface area (Å²) in [4.78, 5) is 13.1. The highest BCUT2D eigenvalue weighted by molar-refractivity contribution is 6.04. The summed E-state index contributed by atoms with van der Waals surface area (Å²) in [5.41, 5.74) is 2.67. The van der Waals surface area contributed by atoms with Gasteiger partial charge in [0.1, 0.15) is 0 Å². The van der Waals surface area contributed by atoms with E-state index >= 15 is 0 Å². The smallest absolute Gasteiger partial charge is 0.276 e. The third kappa shape index (κ3) is 3.67. The molecule has 1 amide bonds. The number of carbonyl (C=O) groups excluding carboxylic acids is 1. The zero-order valence-electron chi connectivity index (χ0n) is 17.3. The molecule has 1 heterocycles. The van der Waals surface area contributed by atoms with Crippen molar-refractivity contribution < 1.29 is 27.8 Å². The molecule has 1 aliphatic rings. The number of nitrogens with zero attached hydrogens (tertiary/aromatic N) is 2. The van der Waals surface area contributed by atoms with Gasteiger partial charge in [0.05, 0.1) is 27.0 Å². The second kappa shape index (κ2) is 8.25. The van der Waals surface area contributed by atoms with Crippen molar-refractivity contribution in [1.82, 2.24) is 9.78 Å². The Labute approximate surface area is 177 Å². The fourth-order valence-electron chi connectivity index (χ4n) is 3.79. The molecule has 3 aromatic rings. The second-order valence-electron chi connectivity index (χ2n) is 7.01. The van der Waals surface area contributed by atoms with Gasteiger partial charge in [-0.2, -0.15) is 5.10 Å². The SMILES string of the molecule is COc1cc(NC(=O)c2nn(-c3ccc(F)c(F)c3)c3c2CCC3)cc(OC)c1OC. The first-order chi connectivity index (χ1) is 15.0. The highest BCUT2D eigenvalue weighted by Gasteiger charge is 2.28. The number of methoxy groups -OCH3 is 3. The molecule has 0 atom stereocenters. The first-order valence-corrected chi connectivity index (χ1v) is 9.64. The van der Waals surface area contributed by atoms with Crippen molar-refractivity contribution >= 4 is 11.6 Å². The van der Waals surface area contributed by atoms with Gasteiger partial charge in [-0.3, -0.25) is 4.79 Å². The Morgan fingerprint density at radius 2 is 1.71 bits per heavy atom. The van der Waals surface area contributed by atoms with E-state index in [2.05, 4.69) is 10.4 Å². The van der Waals surface area contributed by atoms with Gasteiger partial charge in [-0.15, -0.1) is 0 Å². The average molecular weight is 429 g/mol. The maximum absolute atomic E-state index is 13.7. The Balaban J connectivity index is 1.70. The minimum Gasteiger partial charge on any atom is -0.493 e.